The molecule has 262 valence electrons. The van der Waals surface area contributed by atoms with Crippen LogP contribution in [0.3, 0.4) is 0 Å². The van der Waals surface area contributed by atoms with Crippen molar-refractivity contribution in [2.45, 2.75) is 0 Å². The summed E-state index contributed by atoms with van der Waals surface area (Å²) in [4.78, 5) is 10.4. The van der Waals surface area contributed by atoms with E-state index in [-0.39, 0.29) is 0 Å². The average molecular weight is 716 g/mol. The fourth-order valence-corrected chi connectivity index (χ4v) is 8.21. The highest BCUT2D eigenvalue weighted by Crippen LogP contribution is 2.41. The molecule has 56 heavy (non-hydrogen) atoms. The summed E-state index contributed by atoms with van der Waals surface area (Å²) in [6.07, 6.45) is 0. The van der Waals surface area contributed by atoms with E-state index in [1.54, 1.807) is 0 Å². The first-order valence-electron chi connectivity index (χ1n) is 18.9. The zero-order valence-electron chi connectivity index (χ0n) is 30.3. The second-order valence-corrected chi connectivity index (χ2v) is 14.2. The Bertz CT molecular complexity index is 3250. The summed E-state index contributed by atoms with van der Waals surface area (Å²) in [7, 11) is 0. The Morgan fingerprint density at radius 1 is 0.393 bits per heavy atom. The van der Waals surface area contributed by atoms with Crippen LogP contribution in [0.1, 0.15) is 0 Å². The van der Waals surface area contributed by atoms with E-state index in [2.05, 4.69) is 180 Å². The van der Waals surface area contributed by atoms with Gasteiger partial charge in [-0.2, -0.15) is 0 Å². The van der Waals surface area contributed by atoms with Gasteiger partial charge in [0.1, 0.15) is 16.8 Å². The van der Waals surface area contributed by atoms with Gasteiger partial charge >= 0.3 is 0 Å². The van der Waals surface area contributed by atoms with E-state index in [4.69, 9.17) is 14.4 Å². The standard InChI is InChI=1S/C52H33N3O/c1-3-15-34(16-4-1)35-17-13-22-40(33-35)52-53-49(51-50(54-52)44-26-8-10-30-47(44)56-51)39-21-12-19-37(32-39)36-18-11-20-38(31-36)42-27-14-29-46-48(42)43-25-7-9-28-45(43)55(46)41-23-5-2-6-24-41/h1-33H. The molecule has 0 saturated carbocycles. The first kappa shape index (κ1) is 31.9. The second kappa shape index (κ2) is 13.1. The predicted molar refractivity (Wildman–Crippen MR) is 231 cm³/mol. The van der Waals surface area contributed by atoms with Crippen molar-refractivity contribution in [3.8, 4) is 61.7 Å². The van der Waals surface area contributed by atoms with Gasteiger partial charge < -0.3 is 8.98 Å². The van der Waals surface area contributed by atoms with Gasteiger partial charge in [0.15, 0.2) is 11.4 Å². The summed E-state index contributed by atoms with van der Waals surface area (Å²) in [5.74, 6) is 0.659. The number of furan rings is 1. The molecule has 0 amide bonds. The highest BCUT2D eigenvalue weighted by Gasteiger charge is 2.20. The molecule has 0 saturated heterocycles. The minimum Gasteiger partial charge on any atom is -0.452 e. The first-order valence-corrected chi connectivity index (χ1v) is 18.9. The number of nitrogens with zero attached hydrogens (tertiary/aromatic N) is 3. The van der Waals surface area contributed by atoms with Crippen LogP contribution in [-0.2, 0) is 0 Å². The van der Waals surface area contributed by atoms with Crippen molar-refractivity contribution in [2.75, 3.05) is 0 Å². The quantitative estimate of drug-likeness (QED) is 0.172. The van der Waals surface area contributed by atoms with Gasteiger partial charge in [0.2, 0.25) is 0 Å². The lowest BCUT2D eigenvalue weighted by Crippen LogP contribution is -1.94. The van der Waals surface area contributed by atoms with Crippen LogP contribution >= 0.6 is 0 Å². The largest absolute Gasteiger partial charge is 0.452 e. The summed E-state index contributed by atoms with van der Waals surface area (Å²) >= 11 is 0. The lowest BCUT2D eigenvalue weighted by Gasteiger charge is -2.11. The molecule has 0 aliphatic heterocycles. The van der Waals surface area contributed by atoms with Crippen LogP contribution in [0.4, 0.5) is 0 Å². The number of para-hydroxylation sites is 3. The molecule has 0 spiro atoms. The molecule has 0 bridgehead atoms. The summed E-state index contributed by atoms with van der Waals surface area (Å²) < 4.78 is 8.90. The van der Waals surface area contributed by atoms with Crippen LogP contribution in [-0.4, -0.2) is 14.5 Å². The highest BCUT2D eigenvalue weighted by molar-refractivity contribution is 6.16. The molecule has 0 aliphatic rings. The smallest absolute Gasteiger partial charge is 0.180 e. The van der Waals surface area contributed by atoms with Gasteiger partial charge in [-0.1, -0.05) is 146 Å². The maximum atomic E-state index is 6.53. The maximum absolute atomic E-state index is 6.53. The van der Waals surface area contributed by atoms with Crippen molar-refractivity contribution < 1.29 is 4.42 Å². The fourth-order valence-electron chi connectivity index (χ4n) is 8.21. The molecule has 0 atom stereocenters. The molecule has 11 rings (SSSR count). The molecule has 0 aliphatic carbocycles. The molecule has 0 fully saturated rings. The Morgan fingerprint density at radius 2 is 0.946 bits per heavy atom. The van der Waals surface area contributed by atoms with Gasteiger partial charge in [0, 0.05) is 33.0 Å². The second-order valence-electron chi connectivity index (χ2n) is 14.2. The number of rotatable bonds is 6. The monoisotopic (exact) mass is 715 g/mol. The number of benzene rings is 8. The fraction of sp³-hybridized carbons (Fsp3) is 0. The highest BCUT2D eigenvalue weighted by atomic mass is 16.3. The normalized spacial score (nSPS) is 11.6. The van der Waals surface area contributed by atoms with Crippen molar-refractivity contribution in [3.63, 3.8) is 0 Å². The Kier molecular flexibility index (Phi) is 7.46. The van der Waals surface area contributed by atoms with Crippen molar-refractivity contribution in [1.29, 1.82) is 0 Å². The third-order valence-corrected chi connectivity index (χ3v) is 10.8. The Morgan fingerprint density at radius 3 is 1.75 bits per heavy atom. The van der Waals surface area contributed by atoms with Gasteiger partial charge in [0.05, 0.1) is 11.0 Å². The molecule has 4 nitrogen and oxygen atoms in total. The minimum absolute atomic E-state index is 0.659. The molecule has 3 aromatic heterocycles. The lowest BCUT2D eigenvalue weighted by atomic mass is 9.95. The molecule has 4 heteroatoms. The van der Waals surface area contributed by atoms with Gasteiger partial charge in [-0.25, -0.2) is 9.97 Å². The topological polar surface area (TPSA) is 43.9 Å². The van der Waals surface area contributed by atoms with E-state index >= 15 is 0 Å². The first-order chi connectivity index (χ1) is 27.8. The van der Waals surface area contributed by atoms with Gasteiger partial charge in [-0.05, 0) is 88.0 Å². The zero-order chi connectivity index (χ0) is 37.0. The predicted octanol–water partition coefficient (Wildman–Crippen LogP) is 13.8. The van der Waals surface area contributed by atoms with Crippen LogP contribution in [0.2, 0.25) is 0 Å². The third kappa shape index (κ3) is 5.31. The summed E-state index contributed by atoms with van der Waals surface area (Å²) in [5, 5.41) is 3.45. The van der Waals surface area contributed by atoms with E-state index in [1.165, 1.54) is 27.4 Å². The van der Waals surface area contributed by atoms with Crippen LogP contribution < -0.4 is 0 Å². The van der Waals surface area contributed by atoms with E-state index in [9.17, 15) is 0 Å². The molecule has 8 aromatic carbocycles. The van der Waals surface area contributed by atoms with Crippen LogP contribution in [0.5, 0.6) is 0 Å². The Hall–Kier alpha value is -7.56. The van der Waals surface area contributed by atoms with Crippen LogP contribution in [0.25, 0.3) is 106 Å². The van der Waals surface area contributed by atoms with Crippen molar-refractivity contribution in [2.24, 2.45) is 0 Å². The molecule has 0 N–H and O–H groups in total. The number of aromatic nitrogens is 3. The molecular weight excluding hydrogens is 683 g/mol. The van der Waals surface area contributed by atoms with Crippen molar-refractivity contribution >= 4 is 43.9 Å². The van der Waals surface area contributed by atoms with Gasteiger partial charge in [-0.3, -0.25) is 0 Å². The molecule has 11 aromatic rings. The van der Waals surface area contributed by atoms with E-state index in [1.807, 2.05) is 24.3 Å². The summed E-state index contributed by atoms with van der Waals surface area (Å²) in [6, 6.07) is 70.4. The lowest BCUT2D eigenvalue weighted by molar-refractivity contribution is 0.667. The molecule has 0 radical (unpaired) electrons. The third-order valence-electron chi connectivity index (χ3n) is 10.8. The maximum Gasteiger partial charge on any atom is 0.180 e. The average Bonchev–Trinajstić information content (AvgIpc) is 3.83. The zero-order valence-corrected chi connectivity index (χ0v) is 30.3. The number of fused-ring (bicyclic) bond motifs is 6. The summed E-state index contributed by atoms with van der Waals surface area (Å²) in [5.41, 5.74) is 15.3. The van der Waals surface area contributed by atoms with Crippen LogP contribution in [0, 0.1) is 0 Å². The minimum atomic E-state index is 0.659. The molecule has 0 unspecified atom stereocenters. The van der Waals surface area contributed by atoms with Crippen LogP contribution in [0.15, 0.2) is 205 Å². The van der Waals surface area contributed by atoms with E-state index in [0.29, 0.717) is 11.4 Å². The van der Waals surface area contributed by atoms with E-state index in [0.717, 1.165) is 66.8 Å². The SMILES string of the molecule is c1ccc(-c2cccc(-c3nc(-c4cccc(-c5cccc(-c6cccc7c6c6ccccc6n7-c6ccccc6)c5)c4)c4oc5ccccc5c4n3)c2)cc1. The van der Waals surface area contributed by atoms with Gasteiger partial charge in [-0.15, -0.1) is 0 Å². The van der Waals surface area contributed by atoms with Crippen molar-refractivity contribution in [3.05, 3.63) is 200 Å². The molecule has 3 heterocycles. The Labute approximate surface area is 323 Å². The number of hydrogen-bond donors (Lipinski definition) is 0. The molecular formula is C52H33N3O. The Balaban J connectivity index is 1.05. The van der Waals surface area contributed by atoms with E-state index < -0.39 is 0 Å². The van der Waals surface area contributed by atoms with Crippen molar-refractivity contribution in [1.82, 2.24) is 14.5 Å². The number of hydrogen-bond acceptors (Lipinski definition) is 3. The van der Waals surface area contributed by atoms with Gasteiger partial charge in [0.25, 0.3) is 0 Å². The summed E-state index contributed by atoms with van der Waals surface area (Å²) in [6.45, 7) is 0.